The first kappa shape index (κ1) is 13.0. The Bertz CT molecular complexity index is 583. The first-order valence-corrected chi connectivity index (χ1v) is 7.48. The van der Waals surface area contributed by atoms with Gasteiger partial charge in [0.15, 0.2) is 0 Å². The summed E-state index contributed by atoms with van der Waals surface area (Å²) in [6, 6.07) is 6.77. The van der Waals surface area contributed by atoms with Crippen molar-refractivity contribution in [3.63, 3.8) is 0 Å². The third-order valence-electron chi connectivity index (χ3n) is 2.96. The van der Waals surface area contributed by atoms with E-state index in [1.165, 1.54) is 0 Å². The summed E-state index contributed by atoms with van der Waals surface area (Å²) in [7, 11) is -3.56. The molecular formula is C14H17NO2S. The van der Waals surface area contributed by atoms with Crippen LogP contribution in [0.3, 0.4) is 0 Å². The Kier molecular flexibility index (Phi) is 3.66. The van der Waals surface area contributed by atoms with Gasteiger partial charge in [-0.05, 0) is 43.9 Å². The molecule has 0 bridgehead atoms. The molecule has 3 nitrogen and oxygen atoms in total. The zero-order valence-corrected chi connectivity index (χ0v) is 11.4. The summed E-state index contributed by atoms with van der Waals surface area (Å²) in [5.74, 6) is 0.460. The molecule has 4 heteroatoms. The van der Waals surface area contributed by atoms with Gasteiger partial charge in [0.1, 0.15) is 0 Å². The molecule has 1 atom stereocenters. The van der Waals surface area contributed by atoms with Crippen LogP contribution in [0.25, 0.3) is 0 Å². The molecule has 0 N–H and O–H groups in total. The molecule has 18 heavy (non-hydrogen) atoms. The Morgan fingerprint density at radius 2 is 1.89 bits per heavy atom. The highest BCUT2D eigenvalue weighted by atomic mass is 32.2. The van der Waals surface area contributed by atoms with Crippen LogP contribution in [-0.4, -0.2) is 14.1 Å². The normalized spacial score (nSPS) is 22.3. The van der Waals surface area contributed by atoms with Gasteiger partial charge in [-0.15, -0.1) is 0 Å². The third kappa shape index (κ3) is 3.07. The maximum Gasteiger partial charge on any atom is 0.282 e. The van der Waals surface area contributed by atoms with Crippen LogP contribution in [0.15, 0.2) is 45.7 Å². The van der Waals surface area contributed by atoms with Gasteiger partial charge in [0, 0.05) is 0 Å². The van der Waals surface area contributed by atoms with Gasteiger partial charge in [-0.25, -0.2) is 0 Å². The van der Waals surface area contributed by atoms with E-state index in [4.69, 9.17) is 0 Å². The van der Waals surface area contributed by atoms with Gasteiger partial charge in [0.2, 0.25) is 0 Å². The van der Waals surface area contributed by atoms with Crippen molar-refractivity contribution in [2.45, 2.75) is 31.6 Å². The van der Waals surface area contributed by atoms with Crippen LogP contribution in [0.5, 0.6) is 0 Å². The van der Waals surface area contributed by atoms with Crippen LogP contribution >= 0.6 is 0 Å². The molecule has 0 spiro atoms. The number of allylic oxidation sites excluding steroid dienone is 2. The molecule has 0 aliphatic heterocycles. The molecule has 2 rings (SSSR count). The first-order chi connectivity index (χ1) is 8.47. The Hall–Kier alpha value is -1.42. The Balaban J connectivity index is 2.32. The number of nitrogens with zero attached hydrogens (tertiary/aromatic N) is 1. The van der Waals surface area contributed by atoms with Crippen molar-refractivity contribution in [1.82, 2.24) is 0 Å². The molecule has 0 amide bonds. The van der Waals surface area contributed by atoms with Crippen molar-refractivity contribution >= 4 is 15.7 Å². The van der Waals surface area contributed by atoms with Gasteiger partial charge < -0.3 is 0 Å². The number of sulfonamides is 1. The number of rotatable bonds is 2. The van der Waals surface area contributed by atoms with Crippen LogP contribution in [0.1, 0.15) is 25.3 Å². The van der Waals surface area contributed by atoms with Gasteiger partial charge in [0.25, 0.3) is 10.0 Å². The number of hydrogen-bond acceptors (Lipinski definition) is 2. The fraction of sp³-hybridized carbons (Fsp3) is 0.357. The highest BCUT2D eigenvalue weighted by Crippen LogP contribution is 2.19. The molecule has 0 fully saturated rings. The highest BCUT2D eigenvalue weighted by molar-refractivity contribution is 7.90. The molecule has 1 aliphatic rings. The molecule has 1 aromatic carbocycles. The third-order valence-corrected chi connectivity index (χ3v) is 4.31. The minimum absolute atomic E-state index is 0.257. The first-order valence-electron chi connectivity index (χ1n) is 6.04. The van der Waals surface area contributed by atoms with E-state index in [2.05, 4.69) is 11.3 Å². The van der Waals surface area contributed by atoms with Crippen molar-refractivity contribution in [1.29, 1.82) is 0 Å². The monoisotopic (exact) mass is 263 g/mol. The Morgan fingerprint density at radius 3 is 2.50 bits per heavy atom. The molecule has 0 unspecified atom stereocenters. The maximum absolute atomic E-state index is 12.1. The Morgan fingerprint density at radius 1 is 1.22 bits per heavy atom. The second kappa shape index (κ2) is 5.06. The fourth-order valence-electron chi connectivity index (χ4n) is 1.93. The molecule has 0 heterocycles. The number of aryl methyl sites for hydroxylation is 1. The fourth-order valence-corrected chi connectivity index (χ4v) is 2.96. The topological polar surface area (TPSA) is 46.5 Å². The van der Waals surface area contributed by atoms with Crippen LogP contribution in [0.2, 0.25) is 0 Å². The molecule has 0 saturated heterocycles. The van der Waals surface area contributed by atoms with E-state index in [9.17, 15) is 8.42 Å². The average Bonchev–Trinajstić information content (AvgIpc) is 2.29. The smallest absolute Gasteiger partial charge is 0.199 e. The van der Waals surface area contributed by atoms with E-state index in [1.54, 1.807) is 24.3 Å². The van der Waals surface area contributed by atoms with Crippen molar-refractivity contribution in [3.8, 4) is 0 Å². The summed E-state index contributed by atoms with van der Waals surface area (Å²) in [4.78, 5) is 0.257. The lowest BCUT2D eigenvalue weighted by molar-refractivity contribution is 0.595. The predicted molar refractivity (Wildman–Crippen MR) is 73.3 cm³/mol. The largest absolute Gasteiger partial charge is 0.282 e. The van der Waals surface area contributed by atoms with Crippen LogP contribution in [-0.2, 0) is 10.0 Å². The standard InChI is InChI=1S/C14H17NO2S/c1-11-6-8-14(9-7-11)18(16,17)15-13-5-3-4-12(2)10-13/h3,5-9,12H,4,10H2,1-2H3/b15-13-/t12-/m1/s1. The van der Waals surface area contributed by atoms with Crippen molar-refractivity contribution in [2.75, 3.05) is 0 Å². The lowest BCUT2D eigenvalue weighted by atomic mass is 9.95. The molecule has 0 aromatic heterocycles. The van der Waals surface area contributed by atoms with E-state index >= 15 is 0 Å². The van der Waals surface area contributed by atoms with E-state index in [-0.39, 0.29) is 4.90 Å². The second-order valence-corrected chi connectivity index (χ2v) is 6.42. The molecule has 0 saturated carbocycles. The van der Waals surface area contributed by atoms with Crippen LogP contribution < -0.4 is 0 Å². The molecule has 1 aromatic rings. The van der Waals surface area contributed by atoms with Gasteiger partial charge in [-0.2, -0.15) is 12.8 Å². The van der Waals surface area contributed by atoms with E-state index < -0.39 is 10.0 Å². The summed E-state index contributed by atoms with van der Waals surface area (Å²) in [5.41, 5.74) is 1.68. The van der Waals surface area contributed by atoms with E-state index in [1.807, 2.05) is 19.1 Å². The summed E-state index contributed by atoms with van der Waals surface area (Å²) < 4.78 is 28.1. The zero-order chi connectivity index (χ0) is 13.2. The summed E-state index contributed by atoms with van der Waals surface area (Å²) >= 11 is 0. The summed E-state index contributed by atoms with van der Waals surface area (Å²) in [6.45, 7) is 4.02. The Labute approximate surface area is 108 Å². The van der Waals surface area contributed by atoms with E-state index in [0.717, 1.165) is 18.4 Å². The summed E-state index contributed by atoms with van der Waals surface area (Å²) in [5, 5.41) is 0. The highest BCUT2D eigenvalue weighted by Gasteiger charge is 2.16. The number of hydrogen-bond donors (Lipinski definition) is 0. The molecular weight excluding hydrogens is 246 g/mol. The van der Waals surface area contributed by atoms with Gasteiger partial charge in [-0.1, -0.05) is 30.7 Å². The quantitative estimate of drug-likeness (QED) is 0.823. The van der Waals surface area contributed by atoms with Crippen LogP contribution in [0.4, 0.5) is 0 Å². The predicted octanol–water partition coefficient (Wildman–Crippen LogP) is 3.11. The van der Waals surface area contributed by atoms with Crippen molar-refractivity contribution < 1.29 is 8.42 Å². The lowest BCUT2D eigenvalue weighted by Crippen LogP contribution is -2.10. The van der Waals surface area contributed by atoms with E-state index in [0.29, 0.717) is 11.6 Å². The second-order valence-electron chi connectivity index (χ2n) is 4.82. The van der Waals surface area contributed by atoms with Crippen LogP contribution in [0, 0.1) is 12.8 Å². The van der Waals surface area contributed by atoms with Gasteiger partial charge in [-0.3, -0.25) is 0 Å². The minimum atomic E-state index is -3.56. The SMILES string of the molecule is Cc1ccc(S(=O)(=O)/N=C2/C=CC[C@@H](C)C2)cc1. The van der Waals surface area contributed by atoms with Crippen molar-refractivity contribution in [3.05, 3.63) is 42.0 Å². The van der Waals surface area contributed by atoms with Gasteiger partial charge >= 0.3 is 0 Å². The maximum atomic E-state index is 12.1. The lowest BCUT2D eigenvalue weighted by Gasteiger charge is -2.13. The zero-order valence-electron chi connectivity index (χ0n) is 10.6. The molecule has 0 radical (unpaired) electrons. The minimum Gasteiger partial charge on any atom is -0.199 e. The van der Waals surface area contributed by atoms with Crippen molar-refractivity contribution in [2.24, 2.45) is 10.3 Å². The number of benzene rings is 1. The molecule has 1 aliphatic carbocycles. The average molecular weight is 263 g/mol. The summed E-state index contributed by atoms with van der Waals surface area (Å²) in [6.07, 6.45) is 5.51. The van der Waals surface area contributed by atoms with Gasteiger partial charge in [0.05, 0.1) is 10.6 Å². The molecule has 96 valence electrons.